The first kappa shape index (κ1) is 78.3. The predicted octanol–water partition coefficient (Wildman–Crippen LogP) is 23.7. The Kier molecular flexibility index (Phi) is 29.2. The zero-order valence-electron chi connectivity index (χ0n) is 61.2. The third-order valence-electron chi connectivity index (χ3n) is 20.9. The SMILES string of the molecule is C=C(C)C(=O)OC1(c2ccccc2)CCCCC1.C=CC1(OC(=O)C(=C)C)CCCCC1.C=Cc1ccc(C(=O)OC2(CC)CCCCC2)cc1.C=Cc1ccc(C(=O)OC2(c3ccc(C)cc3)CCCCC2)cc1.C=Cc1ccc(C(=O)OC2(c3ccc4ccccc4c3)CCCCC2)cc1. The molecule has 10 heteroatoms. The minimum atomic E-state index is -0.531. The highest BCUT2D eigenvalue weighted by molar-refractivity contribution is 5.92. The van der Waals surface area contributed by atoms with Crippen LogP contribution in [0, 0.1) is 6.92 Å². The van der Waals surface area contributed by atoms with Crippen molar-refractivity contribution in [2.45, 2.75) is 223 Å². The van der Waals surface area contributed by atoms with Crippen LogP contribution < -0.4 is 0 Å². The van der Waals surface area contributed by atoms with E-state index < -0.39 is 22.4 Å². The highest BCUT2D eigenvalue weighted by Gasteiger charge is 2.41. The number of rotatable bonds is 18. The zero-order valence-corrected chi connectivity index (χ0v) is 61.2. The van der Waals surface area contributed by atoms with E-state index in [1.54, 1.807) is 38.2 Å². The Morgan fingerprint density at radius 3 is 1.11 bits per heavy atom. The summed E-state index contributed by atoms with van der Waals surface area (Å²) in [6.07, 6.45) is 34.4. The molecule has 5 aliphatic carbocycles. The molecule has 5 aliphatic rings. The normalized spacial score (nSPS) is 17.3. The summed E-state index contributed by atoms with van der Waals surface area (Å²) in [4.78, 5) is 61.1. The molecule has 0 unspecified atom stereocenters. The van der Waals surface area contributed by atoms with Gasteiger partial charge < -0.3 is 23.7 Å². The van der Waals surface area contributed by atoms with Crippen LogP contribution in [0.15, 0.2) is 227 Å². The van der Waals surface area contributed by atoms with Crippen LogP contribution in [0.25, 0.3) is 29.0 Å². The Balaban J connectivity index is 0.000000165. The van der Waals surface area contributed by atoms with Crippen molar-refractivity contribution in [1.82, 2.24) is 0 Å². The second-order valence-electron chi connectivity index (χ2n) is 28.4. The van der Waals surface area contributed by atoms with Crippen LogP contribution in [0.4, 0.5) is 0 Å². The van der Waals surface area contributed by atoms with Crippen molar-refractivity contribution >= 4 is 58.8 Å². The molecule has 0 bridgehead atoms. The molecule has 7 aromatic rings. The molecular formula is C92H108O10. The van der Waals surface area contributed by atoms with Gasteiger partial charge in [-0.05, 0) is 248 Å². The summed E-state index contributed by atoms with van der Waals surface area (Å²) < 4.78 is 29.4. The largest absolute Gasteiger partial charge is 0.455 e. The Hall–Kier alpha value is -9.41. The van der Waals surface area contributed by atoms with Crippen molar-refractivity contribution < 1.29 is 47.7 Å². The second-order valence-corrected chi connectivity index (χ2v) is 28.4. The quantitative estimate of drug-likeness (QED) is 0.0354. The lowest BCUT2D eigenvalue weighted by atomic mass is 9.79. The number of carbonyl (C=O) groups excluding carboxylic acids is 5. The zero-order chi connectivity index (χ0) is 73.0. The van der Waals surface area contributed by atoms with E-state index in [2.05, 4.69) is 120 Å². The molecule has 0 radical (unpaired) electrons. The summed E-state index contributed by atoms with van der Waals surface area (Å²) >= 11 is 0. The molecule has 0 amide bonds. The number of aryl methyl sites for hydroxylation is 1. The van der Waals surface area contributed by atoms with Gasteiger partial charge in [0.1, 0.15) is 28.0 Å². The number of esters is 5. The first-order valence-electron chi connectivity index (χ1n) is 37.2. The molecule has 0 N–H and O–H groups in total. The molecule has 0 aliphatic heterocycles. The molecule has 12 rings (SSSR count). The third kappa shape index (κ3) is 21.6. The number of fused-ring (bicyclic) bond motifs is 1. The van der Waals surface area contributed by atoms with E-state index in [0.29, 0.717) is 27.8 Å². The predicted molar refractivity (Wildman–Crippen MR) is 416 cm³/mol. The smallest absolute Gasteiger partial charge is 0.339 e. The van der Waals surface area contributed by atoms with Crippen molar-refractivity contribution in [3.63, 3.8) is 0 Å². The van der Waals surface area contributed by atoms with E-state index in [9.17, 15) is 24.0 Å². The van der Waals surface area contributed by atoms with Crippen molar-refractivity contribution in [2.75, 3.05) is 0 Å². The van der Waals surface area contributed by atoms with Crippen LogP contribution >= 0.6 is 0 Å². The van der Waals surface area contributed by atoms with Gasteiger partial charge in [-0.15, -0.1) is 0 Å². The number of carbonyl (C=O) groups is 5. The summed E-state index contributed by atoms with van der Waals surface area (Å²) in [5.41, 5.74) is 8.19. The number of hydrogen-bond acceptors (Lipinski definition) is 10. The molecular weight excluding hydrogens is 1270 g/mol. The fourth-order valence-electron chi connectivity index (χ4n) is 14.5. The van der Waals surface area contributed by atoms with E-state index in [0.717, 1.165) is 168 Å². The monoisotopic (exact) mass is 1370 g/mol. The fourth-order valence-corrected chi connectivity index (χ4v) is 14.5. The Morgan fingerprint density at radius 1 is 0.363 bits per heavy atom. The van der Waals surface area contributed by atoms with Gasteiger partial charge in [0.25, 0.3) is 0 Å². The molecule has 5 saturated carbocycles. The maximum absolute atomic E-state index is 12.9. The molecule has 10 nitrogen and oxygen atoms in total. The van der Waals surface area contributed by atoms with Crippen molar-refractivity contribution in [3.8, 4) is 0 Å². The van der Waals surface area contributed by atoms with Gasteiger partial charge in [-0.25, -0.2) is 24.0 Å². The fraction of sp³-hybridized carbons (Fsp3) is 0.380. The second kappa shape index (κ2) is 38.0. The Bertz CT molecular complexity index is 3940. The summed E-state index contributed by atoms with van der Waals surface area (Å²) in [5, 5.41) is 2.39. The van der Waals surface area contributed by atoms with Gasteiger partial charge in [-0.1, -0.05) is 230 Å². The maximum Gasteiger partial charge on any atom is 0.339 e. The van der Waals surface area contributed by atoms with Crippen molar-refractivity contribution in [2.24, 2.45) is 0 Å². The first-order chi connectivity index (χ1) is 49.2. The molecule has 0 heterocycles. The van der Waals surface area contributed by atoms with Crippen molar-refractivity contribution in [3.05, 3.63) is 282 Å². The molecule has 102 heavy (non-hydrogen) atoms. The molecule has 7 aromatic carbocycles. The topological polar surface area (TPSA) is 132 Å². The van der Waals surface area contributed by atoms with Gasteiger partial charge in [0, 0.05) is 11.1 Å². The van der Waals surface area contributed by atoms with Crippen LogP contribution in [0.2, 0.25) is 0 Å². The van der Waals surface area contributed by atoms with E-state index in [-0.39, 0.29) is 35.4 Å². The van der Waals surface area contributed by atoms with Crippen molar-refractivity contribution in [1.29, 1.82) is 0 Å². The van der Waals surface area contributed by atoms with Crippen LogP contribution in [-0.4, -0.2) is 41.0 Å². The van der Waals surface area contributed by atoms with Crippen LogP contribution in [0.5, 0.6) is 0 Å². The number of hydrogen-bond donors (Lipinski definition) is 0. The molecule has 5 fully saturated rings. The highest BCUT2D eigenvalue weighted by atomic mass is 16.6. The molecule has 0 spiro atoms. The highest BCUT2D eigenvalue weighted by Crippen LogP contribution is 2.45. The standard InChI is InChI=1S/C25H24O2.C22H24O2.C17H22O2.C16H20O2.C12H18O2/c1-2-19-10-12-21(13-11-19)24(26)27-25(16-6-3-7-17-25)23-15-14-20-8-4-5-9-22(20)18-23;1-3-18-9-11-19(12-10-18)21(23)24-22(15-5-4-6-16-22)20-13-7-17(2)8-14-20;1-3-14-8-10-15(11-9-14)16(18)19-17(4-2)12-6-5-7-13-17;1-13(2)15(17)18-16(11-7-4-8-12-16)14-9-5-3-6-10-14;1-4-12(8-6-5-7-9-12)14-11(13)10(2)3/h2,4-5,8-15,18H,1,3,6-7,16-17H2;3,7-14H,1,4-6,15-16H2,2H3;3,8-11H,1,4-7,12-13H2,2H3;3,5-6,9-10H,1,4,7-8,11-12H2,2H3;4H,1-2,5-9H2,3H3. The van der Waals surface area contributed by atoms with E-state index in [1.807, 2.05) is 103 Å². The van der Waals surface area contributed by atoms with E-state index in [1.165, 1.54) is 48.4 Å². The molecule has 0 aromatic heterocycles. The maximum atomic E-state index is 12.9. The summed E-state index contributed by atoms with van der Waals surface area (Å²) in [5.74, 6) is -1.26. The van der Waals surface area contributed by atoms with Gasteiger partial charge in [-0.2, -0.15) is 0 Å². The molecule has 0 atom stereocenters. The molecule has 536 valence electrons. The lowest BCUT2D eigenvalue weighted by molar-refractivity contribution is -0.160. The minimum Gasteiger partial charge on any atom is -0.455 e. The van der Waals surface area contributed by atoms with Crippen LogP contribution in [-0.2, 0) is 50.1 Å². The number of ether oxygens (including phenoxy) is 5. The average Bonchev–Trinajstić information content (AvgIpc) is 0.787. The van der Waals surface area contributed by atoms with Crippen LogP contribution in [0.1, 0.15) is 258 Å². The van der Waals surface area contributed by atoms with E-state index >= 15 is 0 Å². The van der Waals surface area contributed by atoms with E-state index in [4.69, 9.17) is 23.7 Å². The lowest BCUT2D eigenvalue weighted by Crippen LogP contribution is -2.36. The Morgan fingerprint density at radius 2 is 0.706 bits per heavy atom. The minimum absolute atomic E-state index is 0.195. The Labute approximate surface area is 608 Å². The van der Waals surface area contributed by atoms with Gasteiger partial charge in [-0.3, -0.25) is 0 Å². The van der Waals surface area contributed by atoms with Crippen LogP contribution in [0.3, 0.4) is 0 Å². The summed E-state index contributed by atoms with van der Waals surface area (Å²) in [7, 11) is 0. The summed E-state index contributed by atoms with van der Waals surface area (Å²) in [6.45, 7) is 29.8. The third-order valence-corrected chi connectivity index (χ3v) is 20.9. The van der Waals surface area contributed by atoms with Gasteiger partial charge in [0.15, 0.2) is 0 Å². The van der Waals surface area contributed by atoms with Gasteiger partial charge in [0.05, 0.1) is 16.7 Å². The lowest BCUT2D eigenvalue weighted by Gasteiger charge is -2.37. The first-order valence-corrected chi connectivity index (χ1v) is 37.2. The summed E-state index contributed by atoms with van der Waals surface area (Å²) in [6, 6.07) is 55.5. The molecule has 0 saturated heterocycles. The van der Waals surface area contributed by atoms with Gasteiger partial charge >= 0.3 is 29.8 Å². The average molecular weight is 1370 g/mol. The number of benzene rings is 7. The van der Waals surface area contributed by atoms with Gasteiger partial charge in [0.2, 0.25) is 0 Å².